The third-order valence-corrected chi connectivity index (χ3v) is 4.02. The zero-order chi connectivity index (χ0) is 13.1. The van der Waals surface area contributed by atoms with Crippen LogP contribution in [0.15, 0.2) is 0 Å². The van der Waals surface area contributed by atoms with Crippen molar-refractivity contribution < 1.29 is 15.0 Å². The van der Waals surface area contributed by atoms with Crippen molar-refractivity contribution in [1.82, 2.24) is 5.32 Å². The number of aliphatic carboxylic acids is 1. The summed E-state index contributed by atoms with van der Waals surface area (Å²) in [6.07, 6.45) is 3.44. The Bertz CT molecular complexity index is 263. The van der Waals surface area contributed by atoms with Gasteiger partial charge in [-0.05, 0) is 32.1 Å². The smallest absolute Gasteiger partial charge is 0.306 e. The molecular formula is C13H25NO3. The van der Waals surface area contributed by atoms with Gasteiger partial charge in [-0.3, -0.25) is 4.79 Å². The lowest BCUT2D eigenvalue weighted by Gasteiger charge is -2.33. The zero-order valence-corrected chi connectivity index (χ0v) is 11.1. The van der Waals surface area contributed by atoms with E-state index < -0.39 is 11.6 Å². The van der Waals surface area contributed by atoms with E-state index in [9.17, 15) is 9.90 Å². The summed E-state index contributed by atoms with van der Waals surface area (Å²) in [5.74, 6) is -0.716. The molecular weight excluding hydrogens is 218 g/mol. The van der Waals surface area contributed by atoms with Crippen LogP contribution in [0, 0.1) is 11.8 Å². The van der Waals surface area contributed by atoms with Crippen LogP contribution in [0.2, 0.25) is 0 Å². The largest absolute Gasteiger partial charge is 0.481 e. The highest BCUT2D eigenvalue weighted by atomic mass is 16.4. The van der Waals surface area contributed by atoms with Crippen molar-refractivity contribution in [2.45, 2.75) is 58.1 Å². The van der Waals surface area contributed by atoms with Crippen molar-refractivity contribution >= 4 is 5.97 Å². The average molecular weight is 243 g/mol. The Morgan fingerprint density at radius 3 is 2.65 bits per heavy atom. The molecule has 3 unspecified atom stereocenters. The predicted octanol–water partition coefficient (Wildman–Crippen LogP) is 1.63. The summed E-state index contributed by atoms with van der Waals surface area (Å²) in [6, 6.07) is 0.232. The lowest BCUT2D eigenvalue weighted by Crippen LogP contribution is -2.47. The molecule has 17 heavy (non-hydrogen) atoms. The molecule has 0 aromatic carbocycles. The SMILES string of the molecule is CC(C)C(C)(O)CNC1CCCC(C(=O)O)C1. The van der Waals surface area contributed by atoms with Crippen LogP contribution in [0.3, 0.4) is 0 Å². The second kappa shape index (κ2) is 5.83. The molecule has 100 valence electrons. The van der Waals surface area contributed by atoms with Gasteiger partial charge in [0.2, 0.25) is 0 Å². The van der Waals surface area contributed by atoms with Gasteiger partial charge in [0.05, 0.1) is 11.5 Å². The van der Waals surface area contributed by atoms with Crippen molar-refractivity contribution in [2.24, 2.45) is 11.8 Å². The standard InChI is InChI=1S/C13H25NO3/c1-9(2)13(3,17)8-14-11-6-4-5-10(7-11)12(15)16/h9-11,14,17H,4-8H2,1-3H3,(H,15,16). The van der Waals surface area contributed by atoms with Crippen molar-refractivity contribution in [1.29, 1.82) is 0 Å². The molecule has 0 aliphatic heterocycles. The van der Waals surface area contributed by atoms with Gasteiger partial charge in [0.25, 0.3) is 0 Å². The van der Waals surface area contributed by atoms with Crippen molar-refractivity contribution in [3.05, 3.63) is 0 Å². The quantitative estimate of drug-likeness (QED) is 0.686. The van der Waals surface area contributed by atoms with Gasteiger partial charge in [0.1, 0.15) is 0 Å². The minimum Gasteiger partial charge on any atom is -0.481 e. The van der Waals surface area contributed by atoms with Crippen molar-refractivity contribution in [2.75, 3.05) is 6.54 Å². The van der Waals surface area contributed by atoms with Crippen LogP contribution in [0.25, 0.3) is 0 Å². The Kier molecular flexibility index (Phi) is 4.95. The Hall–Kier alpha value is -0.610. The summed E-state index contributed by atoms with van der Waals surface area (Å²) >= 11 is 0. The van der Waals surface area contributed by atoms with Gasteiger partial charge >= 0.3 is 5.97 Å². The van der Waals surface area contributed by atoms with Crippen molar-refractivity contribution in [3.63, 3.8) is 0 Å². The topological polar surface area (TPSA) is 69.6 Å². The van der Waals surface area contributed by atoms with Gasteiger partial charge in [-0.25, -0.2) is 0 Å². The fourth-order valence-corrected chi connectivity index (χ4v) is 2.15. The summed E-state index contributed by atoms with van der Waals surface area (Å²) < 4.78 is 0. The third kappa shape index (κ3) is 4.28. The molecule has 3 N–H and O–H groups in total. The fraction of sp³-hybridized carbons (Fsp3) is 0.923. The Morgan fingerprint density at radius 2 is 2.12 bits per heavy atom. The highest BCUT2D eigenvalue weighted by Gasteiger charge is 2.30. The highest BCUT2D eigenvalue weighted by molar-refractivity contribution is 5.70. The number of hydrogen-bond acceptors (Lipinski definition) is 3. The third-order valence-electron chi connectivity index (χ3n) is 4.02. The Morgan fingerprint density at radius 1 is 1.47 bits per heavy atom. The van der Waals surface area contributed by atoms with E-state index in [2.05, 4.69) is 5.32 Å². The first kappa shape index (κ1) is 14.5. The van der Waals surface area contributed by atoms with E-state index in [4.69, 9.17) is 5.11 Å². The van der Waals surface area contributed by atoms with E-state index in [-0.39, 0.29) is 17.9 Å². The van der Waals surface area contributed by atoms with Gasteiger partial charge in [0, 0.05) is 12.6 Å². The monoisotopic (exact) mass is 243 g/mol. The zero-order valence-electron chi connectivity index (χ0n) is 11.1. The molecule has 4 heteroatoms. The Balaban J connectivity index is 2.39. The van der Waals surface area contributed by atoms with E-state index >= 15 is 0 Å². The minimum absolute atomic E-state index is 0.189. The van der Waals surface area contributed by atoms with E-state index in [0.29, 0.717) is 13.0 Å². The molecule has 1 rings (SSSR count). The normalized spacial score (nSPS) is 29.0. The van der Waals surface area contributed by atoms with Crippen LogP contribution in [-0.4, -0.2) is 34.4 Å². The van der Waals surface area contributed by atoms with Crippen LogP contribution in [0.4, 0.5) is 0 Å². The van der Waals surface area contributed by atoms with Crippen molar-refractivity contribution in [3.8, 4) is 0 Å². The molecule has 0 saturated heterocycles. The Labute approximate surface area is 103 Å². The van der Waals surface area contributed by atoms with Gasteiger partial charge in [0.15, 0.2) is 0 Å². The van der Waals surface area contributed by atoms with Crippen LogP contribution in [-0.2, 0) is 4.79 Å². The number of hydrogen-bond donors (Lipinski definition) is 3. The number of rotatable bonds is 5. The van der Waals surface area contributed by atoms with Crippen LogP contribution >= 0.6 is 0 Å². The van der Waals surface area contributed by atoms with Gasteiger partial charge < -0.3 is 15.5 Å². The maximum absolute atomic E-state index is 10.9. The summed E-state index contributed by atoms with van der Waals surface area (Å²) in [5, 5.41) is 22.4. The van der Waals surface area contributed by atoms with Crippen LogP contribution < -0.4 is 5.32 Å². The summed E-state index contributed by atoms with van der Waals surface area (Å²) in [6.45, 7) is 6.33. The molecule has 1 fully saturated rings. The molecule has 3 atom stereocenters. The molecule has 0 aromatic rings. The van der Waals surface area contributed by atoms with E-state index in [1.54, 1.807) is 0 Å². The molecule has 0 radical (unpaired) electrons. The maximum atomic E-state index is 10.9. The summed E-state index contributed by atoms with van der Waals surface area (Å²) in [4.78, 5) is 10.9. The minimum atomic E-state index is -0.726. The lowest BCUT2D eigenvalue weighted by molar-refractivity contribution is -0.143. The first-order chi connectivity index (χ1) is 7.83. The van der Waals surface area contributed by atoms with Crippen LogP contribution in [0.5, 0.6) is 0 Å². The maximum Gasteiger partial charge on any atom is 0.306 e. The van der Waals surface area contributed by atoms with Crippen LogP contribution in [0.1, 0.15) is 46.5 Å². The molecule has 0 spiro atoms. The second-order valence-electron chi connectivity index (χ2n) is 5.79. The molecule has 0 bridgehead atoms. The first-order valence-corrected chi connectivity index (χ1v) is 6.51. The number of aliphatic hydroxyl groups is 1. The van der Waals surface area contributed by atoms with Gasteiger partial charge in [-0.2, -0.15) is 0 Å². The second-order valence-corrected chi connectivity index (χ2v) is 5.79. The predicted molar refractivity (Wildman–Crippen MR) is 66.8 cm³/mol. The molecule has 0 aromatic heterocycles. The fourth-order valence-electron chi connectivity index (χ4n) is 2.15. The molecule has 1 aliphatic carbocycles. The van der Waals surface area contributed by atoms with E-state index in [0.717, 1.165) is 19.3 Å². The summed E-state index contributed by atoms with van der Waals surface area (Å²) in [7, 11) is 0. The first-order valence-electron chi connectivity index (χ1n) is 6.51. The molecule has 4 nitrogen and oxygen atoms in total. The molecule has 1 aliphatic rings. The number of carboxylic acids is 1. The number of carbonyl (C=O) groups is 1. The molecule has 0 amide bonds. The number of nitrogens with one attached hydrogen (secondary N) is 1. The van der Waals surface area contributed by atoms with E-state index in [1.807, 2.05) is 20.8 Å². The van der Waals surface area contributed by atoms with Gasteiger partial charge in [-0.1, -0.05) is 20.3 Å². The lowest BCUT2D eigenvalue weighted by atomic mass is 9.85. The van der Waals surface area contributed by atoms with Gasteiger partial charge in [-0.15, -0.1) is 0 Å². The molecule has 1 saturated carbocycles. The molecule has 0 heterocycles. The average Bonchev–Trinajstić information content (AvgIpc) is 2.26. The summed E-state index contributed by atoms with van der Waals surface area (Å²) in [5.41, 5.74) is -0.726. The van der Waals surface area contributed by atoms with E-state index in [1.165, 1.54) is 0 Å². The highest BCUT2D eigenvalue weighted by Crippen LogP contribution is 2.25. The number of carboxylic acid groups (broad SMARTS) is 1.